The normalized spacial score (nSPS) is 21.6. The highest BCUT2D eigenvalue weighted by atomic mass is 35.5. The van der Waals surface area contributed by atoms with E-state index < -0.39 is 0 Å². The molecule has 0 fully saturated rings. The van der Waals surface area contributed by atoms with Gasteiger partial charge in [-0.2, -0.15) is 5.10 Å². The minimum absolute atomic E-state index is 0.0523. The minimum atomic E-state index is -0.0523. The average molecular weight is 375 g/mol. The molecule has 0 amide bonds. The number of hydrazone groups is 1. The maximum absolute atomic E-state index is 6.25. The van der Waals surface area contributed by atoms with Gasteiger partial charge in [-0.1, -0.05) is 49.2 Å². The van der Waals surface area contributed by atoms with Crippen molar-refractivity contribution in [3.05, 3.63) is 63.6 Å². The second-order valence-corrected chi connectivity index (χ2v) is 7.91. The lowest BCUT2D eigenvalue weighted by Gasteiger charge is -2.38. The van der Waals surface area contributed by atoms with Crippen LogP contribution >= 0.6 is 23.2 Å². The van der Waals surface area contributed by atoms with E-state index in [1.807, 2.05) is 42.5 Å². The lowest BCUT2D eigenvalue weighted by molar-refractivity contribution is -0.0291. The Morgan fingerprint density at radius 1 is 1.12 bits per heavy atom. The van der Waals surface area contributed by atoms with Crippen molar-refractivity contribution in [2.24, 2.45) is 11.0 Å². The van der Waals surface area contributed by atoms with Crippen LogP contribution in [0.4, 0.5) is 0 Å². The van der Waals surface area contributed by atoms with Gasteiger partial charge in [0.2, 0.25) is 0 Å². The van der Waals surface area contributed by atoms with Gasteiger partial charge in [0.1, 0.15) is 5.75 Å². The summed E-state index contributed by atoms with van der Waals surface area (Å²) in [7, 11) is 0. The lowest BCUT2D eigenvalue weighted by atomic mass is 9.95. The Morgan fingerprint density at radius 2 is 1.84 bits per heavy atom. The van der Waals surface area contributed by atoms with Crippen LogP contribution in [0.2, 0.25) is 10.0 Å². The fourth-order valence-corrected chi connectivity index (χ4v) is 3.82. The second-order valence-electron chi connectivity index (χ2n) is 7.04. The Morgan fingerprint density at radius 3 is 2.56 bits per heavy atom. The van der Waals surface area contributed by atoms with Crippen LogP contribution in [0.15, 0.2) is 47.6 Å². The van der Waals surface area contributed by atoms with Crippen molar-refractivity contribution in [1.82, 2.24) is 5.01 Å². The van der Waals surface area contributed by atoms with Crippen LogP contribution in [0.3, 0.4) is 0 Å². The second kappa shape index (κ2) is 6.54. The van der Waals surface area contributed by atoms with Gasteiger partial charge in [0.15, 0.2) is 6.23 Å². The summed E-state index contributed by atoms with van der Waals surface area (Å²) >= 11 is 12.3. The summed E-state index contributed by atoms with van der Waals surface area (Å²) in [6.45, 7) is 4.41. The Labute approximate surface area is 158 Å². The molecule has 0 radical (unpaired) electrons. The topological polar surface area (TPSA) is 24.8 Å². The SMILES string of the molecule is CC(C)C[C@H]1Oc2ccc(Cl)cc2[C@@H]2CC(c3ccc(Cl)cc3)=NN12. The van der Waals surface area contributed by atoms with E-state index in [1.54, 1.807) is 0 Å². The summed E-state index contributed by atoms with van der Waals surface area (Å²) in [4.78, 5) is 0. The lowest BCUT2D eigenvalue weighted by Crippen LogP contribution is -2.41. The monoisotopic (exact) mass is 374 g/mol. The van der Waals surface area contributed by atoms with Gasteiger partial charge in [-0.15, -0.1) is 0 Å². The molecule has 2 aliphatic heterocycles. The minimum Gasteiger partial charge on any atom is -0.469 e. The highest BCUT2D eigenvalue weighted by Crippen LogP contribution is 2.45. The molecule has 5 heteroatoms. The van der Waals surface area contributed by atoms with Gasteiger partial charge in [-0.05, 0) is 41.8 Å². The standard InChI is InChI=1S/C20H20Cl2N2O/c1-12(2)9-20-24-18(16-10-15(22)7-8-19(16)25-20)11-17(23-24)13-3-5-14(21)6-4-13/h3-8,10,12,18,20H,9,11H2,1-2H3/t18-,20+/m0/s1. The number of benzene rings is 2. The molecule has 0 spiro atoms. The molecule has 0 aliphatic carbocycles. The largest absolute Gasteiger partial charge is 0.469 e. The zero-order valence-electron chi connectivity index (χ0n) is 14.2. The first-order valence-corrected chi connectivity index (χ1v) is 9.34. The van der Waals surface area contributed by atoms with Gasteiger partial charge < -0.3 is 4.74 Å². The Balaban J connectivity index is 1.72. The number of hydrogen-bond donors (Lipinski definition) is 0. The van der Waals surface area contributed by atoms with E-state index in [9.17, 15) is 0 Å². The zero-order chi connectivity index (χ0) is 17.6. The predicted molar refractivity (Wildman–Crippen MR) is 103 cm³/mol. The van der Waals surface area contributed by atoms with E-state index in [1.165, 1.54) is 0 Å². The fourth-order valence-electron chi connectivity index (χ4n) is 3.51. The molecule has 0 saturated carbocycles. The van der Waals surface area contributed by atoms with E-state index in [4.69, 9.17) is 33.0 Å². The van der Waals surface area contributed by atoms with Gasteiger partial charge >= 0.3 is 0 Å². The molecule has 0 saturated heterocycles. The van der Waals surface area contributed by atoms with Crippen LogP contribution < -0.4 is 4.74 Å². The van der Waals surface area contributed by atoms with Crippen molar-refractivity contribution >= 4 is 28.9 Å². The number of fused-ring (bicyclic) bond motifs is 3. The summed E-state index contributed by atoms with van der Waals surface area (Å²) in [6.07, 6.45) is 1.71. The van der Waals surface area contributed by atoms with Crippen LogP contribution in [0.5, 0.6) is 5.75 Å². The number of rotatable bonds is 3. The molecule has 3 nitrogen and oxygen atoms in total. The number of nitrogens with zero attached hydrogens (tertiary/aromatic N) is 2. The molecule has 25 heavy (non-hydrogen) atoms. The molecular formula is C20H20Cl2N2O. The summed E-state index contributed by atoms with van der Waals surface area (Å²) in [5.41, 5.74) is 3.28. The molecular weight excluding hydrogens is 355 g/mol. The Hall–Kier alpha value is -1.71. The summed E-state index contributed by atoms with van der Waals surface area (Å²) in [5.74, 6) is 1.44. The molecule has 4 rings (SSSR count). The van der Waals surface area contributed by atoms with Crippen molar-refractivity contribution in [2.45, 2.75) is 39.0 Å². The van der Waals surface area contributed by atoms with E-state index in [0.717, 1.165) is 45.5 Å². The van der Waals surface area contributed by atoms with Crippen molar-refractivity contribution < 1.29 is 4.74 Å². The Bertz CT molecular complexity index is 817. The van der Waals surface area contributed by atoms with E-state index >= 15 is 0 Å². The quantitative estimate of drug-likeness (QED) is 0.666. The fraction of sp³-hybridized carbons (Fsp3) is 0.350. The summed E-state index contributed by atoms with van der Waals surface area (Å²) < 4.78 is 6.25. The third kappa shape index (κ3) is 3.23. The number of ether oxygens (including phenoxy) is 1. The maximum Gasteiger partial charge on any atom is 0.188 e. The third-order valence-corrected chi connectivity index (χ3v) is 5.17. The van der Waals surface area contributed by atoms with Gasteiger partial charge in [-0.25, -0.2) is 0 Å². The molecule has 0 unspecified atom stereocenters. The van der Waals surface area contributed by atoms with E-state index in [-0.39, 0.29) is 12.3 Å². The van der Waals surface area contributed by atoms with E-state index in [0.29, 0.717) is 5.92 Å². The maximum atomic E-state index is 6.25. The highest BCUT2D eigenvalue weighted by Gasteiger charge is 2.40. The van der Waals surface area contributed by atoms with Gasteiger partial charge in [0.25, 0.3) is 0 Å². The molecule has 0 aromatic heterocycles. The zero-order valence-corrected chi connectivity index (χ0v) is 15.8. The summed E-state index contributed by atoms with van der Waals surface area (Å²) in [6, 6.07) is 13.9. The van der Waals surface area contributed by atoms with Crippen LogP contribution in [-0.2, 0) is 0 Å². The van der Waals surface area contributed by atoms with Crippen LogP contribution in [0.25, 0.3) is 0 Å². The van der Waals surface area contributed by atoms with Crippen molar-refractivity contribution in [2.75, 3.05) is 0 Å². The van der Waals surface area contributed by atoms with Gasteiger partial charge in [0, 0.05) is 28.5 Å². The molecule has 2 aromatic carbocycles. The molecule has 130 valence electrons. The van der Waals surface area contributed by atoms with Crippen LogP contribution in [-0.4, -0.2) is 16.9 Å². The number of halogens is 2. The Kier molecular flexibility index (Phi) is 4.38. The van der Waals surface area contributed by atoms with Gasteiger partial charge in [-0.3, -0.25) is 5.01 Å². The average Bonchev–Trinajstić information content (AvgIpc) is 3.01. The molecule has 0 N–H and O–H groups in total. The first kappa shape index (κ1) is 16.7. The van der Waals surface area contributed by atoms with Gasteiger partial charge in [0.05, 0.1) is 11.8 Å². The molecule has 2 atom stereocenters. The van der Waals surface area contributed by atoms with Crippen molar-refractivity contribution in [3.8, 4) is 5.75 Å². The smallest absolute Gasteiger partial charge is 0.188 e. The van der Waals surface area contributed by atoms with E-state index in [2.05, 4.69) is 18.9 Å². The third-order valence-electron chi connectivity index (χ3n) is 4.68. The number of hydrogen-bond acceptors (Lipinski definition) is 3. The highest BCUT2D eigenvalue weighted by molar-refractivity contribution is 6.31. The van der Waals surface area contributed by atoms with Crippen LogP contribution in [0.1, 0.15) is 43.9 Å². The first-order valence-electron chi connectivity index (χ1n) is 8.59. The molecule has 0 bridgehead atoms. The predicted octanol–water partition coefficient (Wildman–Crippen LogP) is 5.91. The molecule has 2 heterocycles. The molecule has 2 aromatic rings. The van der Waals surface area contributed by atoms with Crippen molar-refractivity contribution in [3.63, 3.8) is 0 Å². The summed E-state index contributed by atoms with van der Waals surface area (Å²) in [5, 5.41) is 8.49. The first-order chi connectivity index (χ1) is 12.0. The van der Waals surface area contributed by atoms with Crippen LogP contribution in [0, 0.1) is 5.92 Å². The van der Waals surface area contributed by atoms with Crippen molar-refractivity contribution in [1.29, 1.82) is 0 Å². The molecule has 2 aliphatic rings.